The summed E-state index contributed by atoms with van der Waals surface area (Å²) in [6, 6.07) is 0. The van der Waals surface area contributed by atoms with Crippen molar-refractivity contribution in [2.75, 3.05) is 0 Å². The fraction of sp³-hybridized carbons (Fsp3) is 0.455. The number of hydrogen-bond donors (Lipinski definition) is 1. The molecule has 14 heavy (non-hydrogen) atoms. The molecule has 76 valence electrons. The second-order valence-corrected chi connectivity index (χ2v) is 4.08. The van der Waals surface area contributed by atoms with Crippen molar-refractivity contribution in [2.45, 2.75) is 32.3 Å². The second kappa shape index (κ2) is 3.88. The lowest BCUT2D eigenvalue weighted by Gasteiger charge is -2.17. The van der Waals surface area contributed by atoms with E-state index in [0.29, 0.717) is 18.4 Å². The van der Waals surface area contributed by atoms with Crippen molar-refractivity contribution in [2.24, 2.45) is 0 Å². The minimum atomic E-state index is -0.800. The van der Waals surface area contributed by atoms with Gasteiger partial charge < -0.3 is 5.11 Å². The molecule has 0 aromatic rings. The third kappa shape index (κ3) is 3.26. The number of allylic oxidation sites excluding steroid dienone is 4. The van der Waals surface area contributed by atoms with Crippen molar-refractivity contribution in [3.8, 4) is 0 Å². The molecule has 3 heteroatoms. The maximum atomic E-state index is 11.3. The van der Waals surface area contributed by atoms with Gasteiger partial charge in [0.25, 0.3) is 0 Å². The van der Waals surface area contributed by atoms with Gasteiger partial charge in [0.15, 0.2) is 11.6 Å². The van der Waals surface area contributed by atoms with E-state index in [1.807, 2.05) is 0 Å². The average Bonchev–Trinajstić information content (AvgIpc) is 2.05. The van der Waals surface area contributed by atoms with Gasteiger partial charge in [-0.25, -0.2) is 0 Å². The first-order chi connectivity index (χ1) is 6.38. The van der Waals surface area contributed by atoms with Crippen LogP contribution in [-0.4, -0.2) is 22.3 Å². The molecule has 0 aromatic heterocycles. The van der Waals surface area contributed by atoms with Crippen molar-refractivity contribution < 1.29 is 14.7 Å². The summed E-state index contributed by atoms with van der Waals surface area (Å²) >= 11 is 0. The van der Waals surface area contributed by atoms with Gasteiger partial charge in [0.05, 0.1) is 5.60 Å². The van der Waals surface area contributed by atoms with Gasteiger partial charge in [-0.2, -0.15) is 0 Å². The van der Waals surface area contributed by atoms with E-state index in [0.717, 1.165) is 0 Å². The molecule has 0 spiro atoms. The lowest BCUT2D eigenvalue weighted by Crippen LogP contribution is -2.19. The fourth-order valence-corrected chi connectivity index (χ4v) is 1.19. The molecular weight excluding hydrogens is 180 g/mol. The average molecular weight is 194 g/mol. The smallest absolute Gasteiger partial charge is 0.182 e. The molecular formula is C11H14O3. The van der Waals surface area contributed by atoms with Crippen molar-refractivity contribution in [1.29, 1.82) is 0 Å². The van der Waals surface area contributed by atoms with Crippen LogP contribution in [0.5, 0.6) is 0 Å². The van der Waals surface area contributed by atoms with E-state index in [1.54, 1.807) is 13.8 Å². The molecule has 0 aliphatic heterocycles. The van der Waals surface area contributed by atoms with Crippen molar-refractivity contribution >= 4 is 11.6 Å². The largest absolute Gasteiger partial charge is 0.390 e. The van der Waals surface area contributed by atoms with Crippen molar-refractivity contribution in [3.63, 3.8) is 0 Å². The lowest BCUT2D eigenvalue weighted by atomic mass is 9.94. The zero-order valence-corrected chi connectivity index (χ0v) is 8.41. The quantitative estimate of drug-likeness (QED) is 0.686. The number of carbonyl (C=O) groups excluding carboxylic acids is 2. The molecule has 0 saturated carbocycles. The highest BCUT2D eigenvalue weighted by molar-refractivity contribution is 6.17. The zero-order valence-electron chi connectivity index (χ0n) is 8.41. The van der Waals surface area contributed by atoms with Gasteiger partial charge in [-0.05, 0) is 44.9 Å². The summed E-state index contributed by atoms with van der Waals surface area (Å²) in [7, 11) is 0. The molecule has 0 atom stereocenters. The first-order valence-electron chi connectivity index (χ1n) is 4.58. The molecule has 1 aliphatic rings. The molecule has 0 fully saturated rings. The highest BCUT2D eigenvalue weighted by atomic mass is 16.3. The van der Waals surface area contributed by atoms with Crippen LogP contribution in [0, 0.1) is 0 Å². The molecule has 0 bridgehead atoms. The lowest BCUT2D eigenvalue weighted by molar-refractivity contribution is -0.114. The third-order valence-corrected chi connectivity index (χ3v) is 2.04. The Morgan fingerprint density at radius 3 is 2.50 bits per heavy atom. The minimum absolute atomic E-state index is 0.131. The number of hydrogen-bond acceptors (Lipinski definition) is 3. The molecule has 1 rings (SSSR count). The van der Waals surface area contributed by atoms with Crippen LogP contribution in [0.1, 0.15) is 26.7 Å². The number of aliphatic hydroxyl groups is 1. The van der Waals surface area contributed by atoms with Gasteiger partial charge in [0, 0.05) is 5.57 Å². The standard InChI is InChI=1S/C11H14O3/c1-11(2,14)6-5-8-7-9(12)3-4-10(8)13/h3-4,7,14H,5-6H2,1-2H3. The number of ketones is 2. The van der Waals surface area contributed by atoms with Crippen LogP contribution >= 0.6 is 0 Å². The van der Waals surface area contributed by atoms with Gasteiger partial charge in [0.2, 0.25) is 0 Å². The molecule has 0 aromatic carbocycles. The molecule has 1 aliphatic carbocycles. The van der Waals surface area contributed by atoms with E-state index in [9.17, 15) is 14.7 Å². The normalized spacial score (nSPS) is 17.2. The van der Waals surface area contributed by atoms with Crippen LogP contribution in [0.15, 0.2) is 23.8 Å². The number of carbonyl (C=O) groups is 2. The molecule has 0 unspecified atom stereocenters. The van der Waals surface area contributed by atoms with Crippen LogP contribution in [0.2, 0.25) is 0 Å². The van der Waals surface area contributed by atoms with E-state index in [1.165, 1.54) is 18.2 Å². The Morgan fingerprint density at radius 2 is 1.93 bits per heavy atom. The predicted molar refractivity (Wildman–Crippen MR) is 52.8 cm³/mol. The van der Waals surface area contributed by atoms with E-state index >= 15 is 0 Å². The van der Waals surface area contributed by atoms with Crippen LogP contribution in [0.4, 0.5) is 0 Å². The van der Waals surface area contributed by atoms with E-state index in [2.05, 4.69) is 0 Å². The van der Waals surface area contributed by atoms with Gasteiger partial charge in [-0.1, -0.05) is 0 Å². The fourth-order valence-electron chi connectivity index (χ4n) is 1.19. The predicted octanol–water partition coefficient (Wildman–Crippen LogP) is 1.17. The van der Waals surface area contributed by atoms with Crippen molar-refractivity contribution in [3.05, 3.63) is 23.8 Å². The Kier molecular flexibility index (Phi) is 3.01. The second-order valence-electron chi connectivity index (χ2n) is 4.08. The van der Waals surface area contributed by atoms with E-state index in [-0.39, 0.29) is 11.6 Å². The molecule has 0 amide bonds. The summed E-state index contributed by atoms with van der Waals surface area (Å²) in [6.07, 6.45) is 4.80. The highest BCUT2D eigenvalue weighted by Crippen LogP contribution is 2.18. The van der Waals surface area contributed by atoms with Gasteiger partial charge in [-0.3, -0.25) is 9.59 Å². The van der Waals surface area contributed by atoms with Gasteiger partial charge in [-0.15, -0.1) is 0 Å². The summed E-state index contributed by atoms with van der Waals surface area (Å²) in [4.78, 5) is 22.2. The summed E-state index contributed by atoms with van der Waals surface area (Å²) in [5, 5.41) is 9.46. The Labute approximate surface area is 83.1 Å². The van der Waals surface area contributed by atoms with Gasteiger partial charge in [0.1, 0.15) is 0 Å². The summed E-state index contributed by atoms with van der Waals surface area (Å²) < 4.78 is 0. The Hall–Kier alpha value is -1.22. The van der Waals surface area contributed by atoms with Crippen molar-refractivity contribution in [1.82, 2.24) is 0 Å². The summed E-state index contributed by atoms with van der Waals surface area (Å²) in [5.41, 5.74) is -0.315. The van der Waals surface area contributed by atoms with Crippen LogP contribution in [0.25, 0.3) is 0 Å². The first-order valence-corrected chi connectivity index (χ1v) is 4.58. The Bertz CT molecular complexity index is 316. The van der Waals surface area contributed by atoms with E-state index < -0.39 is 5.60 Å². The van der Waals surface area contributed by atoms with E-state index in [4.69, 9.17) is 0 Å². The summed E-state index contributed by atoms with van der Waals surface area (Å²) in [6.45, 7) is 3.36. The minimum Gasteiger partial charge on any atom is -0.390 e. The Morgan fingerprint density at radius 1 is 1.29 bits per heavy atom. The highest BCUT2D eigenvalue weighted by Gasteiger charge is 2.18. The maximum absolute atomic E-state index is 11.3. The maximum Gasteiger partial charge on any atom is 0.182 e. The van der Waals surface area contributed by atoms with Crippen LogP contribution in [0.3, 0.4) is 0 Å². The Balaban J connectivity index is 2.61. The zero-order chi connectivity index (χ0) is 10.8. The first kappa shape index (κ1) is 10.9. The van der Waals surface area contributed by atoms with Crippen LogP contribution < -0.4 is 0 Å². The molecule has 0 radical (unpaired) electrons. The molecule has 1 N–H and O–H groups in total. The van der Waals surface area contributed by atoms with Crippen LogP contribution in [-0.2, 0) is 9.59 Å². The summed E-state index contributed by atoms with van der Waals surface area (Å²) in [5.74, 6) is -0.288. The monoisotopic (exact) mass is 194 g/mol. The number of rotatable bonds is 3. The van der Waals surface area contributed by atoms with Gasteiger partial charge >= 0.3 is 0 Å². The SMILES string of the molecule is CC(C)(O)CCC1=CC(=O)C=CC1=O. The third-order valence-electron chi connectivity index (χ3n) is 2.04. The molecule has 0 saturated heterocycles. The topological polar surface area (TPSA) is 54.4 Å². The molecule has 3 nitrogen and oxygen atoms in total. The molecule has 0 heterocycles.